The summed E-state index contributed by atoms with van der Waals surface area (Å²) >= 11 is 7.65. The molecule has 2 aromatic rings. The number of rotatable bonds is 6. The summed E-state index contributed by atoms with van der Waals surface area (Å²) in [4.78, 5) is 13.4. The van der Waals surface area contributed by atoms with Crippen molar-refractivity contribution in [2.45, 2.75) is 43.0 Å². The SMILES string of the molecule is O=C(CCCSc1ccc(Cl)cc1)NC1CCCc2ccccc21. The van der Waals surface area contributed by atoms with Gasteiger partial charge in [-0.15, -0.1) is 11.8 Å². The highest BCUT2D eigenvalue weighted by Gasteiger charge is 2.20. The van der Waals surface area contributed by atoms with E-state index >= 15 is 0 Å². The van der Waals surface area contributed by atoms with Crippen LogP contribution in [0.2, 0.25) is 5.02 Å². The van der Waals surface area contributed by atoms with Crippen molar-refractivity contribution >= 4 is 29.3 Å². The molecule has 1 N–H and O–H groups in total. The van der Waals surface area contributed by atoms with E-state index in [4.69, 9.17) is 11.6 Å². The number of halogens is 1. The molecule has 1 atom stereocenters. The lowest BCUT2D eigenvalue weighted by atomic mass is 9.87. The molecule has 0 bridgehead atoms. The minimum Gasteiger partial charge on any atom is -0.349 e. The second-order valence-corrected chi connectivity index (χ2v) is 7.72. The maximum atomic E-state index is 12.2. The Balaban J connectivity index is 1.42. The van der Waals surface area contributed by atoms with Crippen LogP contribution in [0.1, 0.15) is 42.9 Å². The van der Waals surface area contributed by atoms with Crippen molar-refractivity contribution in [1.82, 2.24) is 5.32 Å². The minimum atomic E-state index is 0.161. The van der Waals surface area contributed by atoms with Crippen molar-refractivity contribution in [3.8, 4) is 0 Å². The van der Waals surface area contributed by atoms with Crippen molar-refractivity contribution in [1.29, 1.82) is 0 Å². The van der Waals surface area contributed by atoms with E-state index < -0.39 is 0 Å². The lowest BCUT2D eigenvalue weighted by Crippen LogP contribution is -2.30. The van der Waals surface area contributed by atoms with Crippen LogP contribution in [-0.2, 0) is 11.2 Å². The average Bonchev–Trinajstić information content (AvgIpc) is 2.61. The van der Waals surface area contributed by atoms with E-state index in [0.717, 1.165) is 36.5 Å². The van der Waals surface area contributed by atoms with Crippen molar-refractivity contribution < 1.29 is 4.79 Å². The zero-order valence-electron chi connectivity index (χ0n) is 13.6. The summed E-state index contributed by atoms with van der Waals surface area (Å²) in [6, 6.07) is 16.5. The molecule has 24 heavy (non-hydrogen) atoms. The molecule has 1 aliphatic carbocycles. The van der Waals surface area contributed by atoms with E-state index in [0.29, 0.717) is 6.42 Å². The number of carbonyl (C=O) groups is 1. The van der Waals surface area contributed by atoms with Gasteiger partial charge >= 0.3 is 0 Å². The zero-order chi connectivity index (χ0) is 16.8. The highest BCUT2D eigenvalue weighted by atomic mass is 35.5. The first kappa shape index (κ1) is 17.4. The molecule has 2 nitrogen and oxygen atoms in total. The number of aryl methyl sites for hydroxylation is 1. The summed E-state index contributed by atoms with van der Waals surface area (Å²) in [5.41, 5.74) is 2.68. The van der Waals surface area contributed by atoms with Gasteiger partial charge < -0.3 is 5.32 Å². The molecule has 3 rings (SSSR count). The number of hydrogen-bond acceptors (Lipinski definition) is 2. The van der Waals surface area contributed by atoms with Crippen molar-refractivity contribution in [3.63, 3.8) is 0 Å². The number of thioether (sulfide) groups is 1. The molecule has 1 amide bonds. The summed E-state index contributed by atoms with van der Waals surface area (Å²) in [5.74, 6) is 1.10. The largest absolute Gasteiger partial charge is 0.349 e. The summed E-state index contributed by atoms with van der Waals surface area (Å²) in [7, 11) is 0. The molecule has 0 radical (unpaired) electrons. The molecule has 0 saturated carbocycles. The van der Waals surface area contributed by atoms with Crippen molar-refractivity contribution in [2.24, 2.45) is 0 Å². The molecule has 0 aliphatic heterocycles. The Morgan fingerprint density at radius 3 is 2.79 bits per heavy atom. The maximum Gasteiger partial charge on any atom is 0.220 e. The van der Waals surface area contributed by atoms with Crippen LogP contribution < -0.4 is 5.32 Å². The van der Waals surface area contributed by atoms with Gasteiger partial charge in [-0.2, -0.15) is 0 Å². The molecule has 0 spiro atoms. The Labute approximate surface area is 153 Å². The van der Waals surface area contributed by atoms with Crippen LogP contribution in [0.5, 0.6) is 0 Å². The Morgan fingerprint density at radius 1 is 1.17 bits per heavy atom. The third kappa shape index (κ3) is 4.78. The molecule has 1 aliphatic rings. The summed E-state index contributed by atoms with van der Waals surface area (Å²) < 4.78 is 0. The molecular formula is C20H22ClNOS. The van der Waals surface area contributed by atoms with Gasteiger partial charge in [0.15, 0.2) is 0 Å². The number of hydrogen-bond donors (Lipinski definition) is 1. The van der Waals surface area contributed by atoms with Gasteiger partial charge in [-0.1, -0.05) is 35.9 Å². The average molecular weight is 360 g/mol. The van der Waals surface area contributed by atoms with Gasteiger partial charge in [0.2, 0.25) is 5.91 Å². The van der Waals surface area contributed by atoms with E-state index in [1.54, 1.807) is 11.8 Å². The minimum absolute atomic E-state index is 0.161. The van der Waals surface area contributed by atoms with E-state index in [9.17, 15) is 4.79 Å². The molecule has 2 aromatic carbocycles. The zero-order valence-corrected chi connectivity index (χ0v) is 15.2. The van der Waals surface area contributed by atoms with E-state index in [2.05, 4.69) is 29.6 Å². The van der Waals surface area contributed by atoms with Gasteiger partial charge in [-0.05, 0) is 66.8 Å². The second kappa shape index (κ2) is 8.59. The molecule has 126 valence electrons. The molecule has 0 fully saturated rings. The van der Waals surface area contributed by atoms with Crippen LogP contribution in [0, 0.1) is 0 Å². The Bertz CT molecular complexity index is 686. The highest BCUT2D eigenvalue weighted by Crippen LogP contribution is 2.29. The first-order valence-electron chi connectivity index (χ1n) is 8.48. The van der Waals surface area contributed by atoms with E-state index in [1.165, 1.54) is 16.0 Å². The summed E-state index contributed by atoms with van der Waals surface area (Å²) in [6.07, 6.45) is 4.78. The fourth-order valence-electron chi connectivity index (χ4n) is 3.12. The Kier molecular flexibility index (Phi) is 6.22. The van der Waals surface area contributed by atoms with Gasteiger partial charge in [0.1, 0.15) is 0 Å². The number of fused-ring (bicyclic) bond motifs is 1. The second-order valence-electron chi connectivity index (χ2n) is 6.12. The summed E-state index contributed by atoms with van der Waals surface area (Å²) in [6.45, 7) is 0. The van der Waals surface area contributed by atoms with Crippen LogP contribution in [0.3, 0.4) is 0 Å². The maximum absolute atomic E-state index is 12.2. The fraction of sp³-hybridized carbons (Fsp3) is 0.350. The fourth-order valence-corrected chi connectivity index (χ4v) is 4.10. The number of benzene rings is 2. The normalized spacial score (nSPS) is 16.5. The van der Waals surface area contributed by atoms with Gasteiger partial charge in [0.25, 0.3) is 0 Å². The highest BCUT2D eigenvalue weighted by molar-refractivity contribution is 7.99. The summed E-state index contributed by atoms with van der Waals surface area (Å²) in [5, 5.41) is 3.97. The predicted octanol–water partition coefficient (Wildman–Crippen LogP) is 5.41. The number of amides is 1. The molecular weight excluding hydrogens is 338 g/mol. The van der Waals surface area contributed by atoms with E-state index in [-0.39, 0.29) is 11.9 Å². The van der Waals surface area contributed by atoms with Gasteiger partial charge in [-0.3, -0.25) is 4.79 Å². The van der Waals surface area contributed by atoms with Crippen LogP contribution >= 0.6 is 23.4 Å². The number of nitrogens with one attached hydrogen (secondary N) is 1. The lowest BCUT2D eigenvalue weighted by Gasteiger charge is -2.26. The third-order valence-electron chi connectivity index (χ3n) is 4.34. The predicted molar refractivity (Wildman–Crippen MR) is 102 cm³/mol. The van der Waals surface area contributed by atoms with Crippen LogP contribution in [0.25, 0.3) is 0 Å². The first-order chi connectivity index (χ1) is 11.7. The molecule has 1 unspecified atom stereocenters. The van der Waals surface area contributed by atoms with Crippen molar-refractivity contribution in [2.75, 3.05) is 5.75 Å². The van der Waals surface area contributed by atoms with Crippen LogP contribution in [0.15, 0.2) is 53.4 Å². The lowest BCUT2D eigenvalue weighted by molar-refractivity contribution is -0.121. The van der Waals surface area contributed by atoms with Crippen LogP contribution in [0.4, 0.5) is 0 Å². The topological polar surface area (TPSA) is 29.1 Å². The third-order valence-corrected chi connectivity index (χ3v) is 5.69. The van der Waals surface area contributed by atoms with Gasteiger partial charge in [-0.25, -0.2) is 0 Å². The Hall–Kier alpha value is -1.45. The molecule has 4 heteroatoms. The quantitative estimate of drug-likeness (QED) is 0.552. The van der Waals surface area contributed by atoms with Crippen molar-refractivity contribution in [3.05, 3.63) is 64.7 Å². The first-order valence-corrected chi connectivity index (χ1v) is 9.84. The van der Waals surface area contributed by atoms with E-state index in [1.807, 2.05) is 24.3 Å². The van der Waals surface area contributed by atoms with Gasteiger partial charge in [0, 0.05) is 16.3 Å². The van der Waals surface area contributed by atoms with Crippen LogP contribution in [-0.4, -0.2) is 11.7 Å². The number of carbonyl (C=O) groups excluding carboxylic acids is 1. The molecule has 0 aromatic heterocycles. The monoisotopic (exact) mass is 359 g/mol. The smallest absolute Gasteiger partial charge is 0.220 e. The van der Waals surface area contributed by atoms with Gasteiger partial charge in [0.05, 0.1) is 6.04 Å². The Morgan fingerprint density at radius 2 is 1.96 bits per heavy atom. The molecule has 0 heterocycles. The molecule has 0 saturated heterocycles. The standard InChI is InChI=1S/C20H22ClNOS/c21-16-10-12-17(13-11-16)24-14-4-9-20(23)22-19-8-3-6-15-5-1-2-7-18(15)19/h1-2,5,7,10-13,19H,3-4,6,8-9,14H2,(H,22,23).